The number of hydrogen-bond donors (Lipinski definition) is 3. The monoisotopic (exact) mass is 480 g/mol. The summed E-state index contributed by atoms with van der Waals surface area (Å²) in [5.74, 6) is -1.10. The van der Waals surface area contributed by atoms with E-state index in [1.54, 1.807) is 13.0 Å². The van der Waals surface area contributed by atoms with E-state index in [-0.39, 0.29) is 46.9 Å². The molecule has 0 saturated heterocycles. The summed E-state index contributed by atoms with van der Waals surface area (Å²) < 4.78 is 30.6. The molecule has 0 unspecified atom stereocenters. The molecule has 2 heterocycles. The van der Waals surface area contributed by atoms with Gasteiger partial charge < -0.3 is 30.6 Å². The summed E-state index contributed by atoms with van der Waals surface area (Å²) in [6, 6.07) is 3.71. The highest BCUT2D eigenvalue weighted by Gasteiger charge is 2.20. The fourth-order valence-corrected chi connectivity index (χ4v) is 3.13. The molecule has 2 aromatic heterocycles. The van der Waals surface area contributed by atoms with E-state index in [0.717, 1.165) is 0 Å². The molecular formula is C20H22ClFN6O5. The van der Waals surface area contributed by atoms with E-state index in [4.69, 9.17) is 31.5 Å². The lowest BCUT2D eigenvalue weighted by Gasteiger charge is -2.14. The van der Waals surface area contributed by atoms with Gasteiger partial charge in [0.25, 0.3) is 5.91 Å². The number of carbonyl (C=O) groups excluding carboxylic acids is 2. The van der Waals surface area contributed by atoms with Gasteiger partial charge in [0, 0.05) is 19.2 Å². The molecule has 1 aromatic carbocycles. The van der Waals surface area contributed by atoms with Crippen molar-refractivity contribution >= 4 is 34.9 Å². The summed E-state index contributed by atoms with van der Waals surface area (Å²) in [6.45, 7) is 1.95. The maximum absolute atomic E-state index is 13.9. The summed E-state index contributed by atoms with van der Waals surface area (Å²) >= 11 is 6.00. The van der Waals surface area contributed by atoms with Crippen molar-refractivity contribution in [2.75, 3.05) is 26.5 Å². The average molecular weight is 481 g/mol. The van der Waals surface area contributed by atoms with Crippen LogP contribution >= 0.6 is 11.6 Å². The first-order chi connectivity index (χ1) is 15.7. The van der Waals surface area contributed by atoms with Gasteiger partial charge in [0.05, 0.1) is 32.2 Å². The number of hydrogen-bond acceptors (Lipinski definition) is 8. The van der Waals surface area contributed by atoms with Crippen molar-refractivity contribution in [2.24, 2.45) is 0 Å². The number of halogens is 2. The molecule has 0 fully saturated rings. The molecule has 0 radical (unpaired) electrons. The Morgan fingerprint density at radius 1 is 1.33 bits per heavy atom. The van der Waals surface area contributed by atoms with Crippen LogP contribution in [0.25, 0.3) is 5.65 Å². The molecule has 4 N–H and O–H groups in total. The lowest BCUT2D eigenvalue weighted by Crippen LogP contribution is -2.35. The van der Waals surface area contributed by atoms with E-state index in [0.29, 0.717) is 5.56 Å². The summed E-state index contributed by atoms with van der Waals surface area (Å²) in [5.41, 5.74) is 6.67. The molecule has 0 aliphatic rings. The number of nitrogens with one attached hydrogen (secondary N) is 2. The molecule has 0 spiro atoms. The van der Waals surface area contributed by atoms with Gasteiger partial charge in [0.2, 0.25) is 5.88 Å². The number of nitrogen functional groups attached to an aromatic ring is 1. The normalized spacial score (nSPS) is 11.8. The molecule has 0 aliphatic heterocycles. The molecule has 1 atom stereocenters. The Morgan fingerprint density at radius 3 is 2.76 bits per heavy atom. The number of amides is 2. The second kappa shape index (κ2) is 10.3. The van der Waals surface area contributed by atoms with Crippen LogP contribution in [0.15, 0.2) is 24.4 Å². The molecule has 33 heavy (non-hydrogen) atoms. The predicted molar refractivity (Wildman–Crippen MR) is 117 cm³/mol. The van der Waals surface area contributed by atoms with Gasteiger partial charge in [0.15, 0.2) is 17.2 Å². The van der Waals surface area contributed by atoms with Crippen molar-refractivity contribution in [3.05, 3.63) is 46.5 Å². The zero-order chi connectivity index (χ0) is 24.1. The second-order valence-electron chi connectivity index (χ2n) is 6.94. The van der Waals surface area contributed by atoms with E-state index in [9.17, 15) is 14.0 Å². The van der Waals surface area contributed by atoms with E-state index >= 15 is 0 Å². The minimum atomic E-state index is -0.732. The summed E-state index contributed by atoms with van der Waals surface area (Å²) in [5, 5.41) is 9.12. The number of ether oxygens (including phenoxy) is 3. The van der Waals surface area contributed by atoms with Crippen LogP contribution in [0.2, 0.25) is 5.15 Å². The number of benzene rings is 1. The fraction of sp³-hybridized carbons (Fsp3) is 0.300. The topological polar surface area (TPSA) is 142 Å². The predicted octanol–water partition coefficient (Wildman–Crippen LogP) is 2.17. The molecule has 2 amide bonds. The number of nitrogens with two attached hydrogens (primary N) is 1. The highest BCUT2D eigenvalue weighted by Crippen LogP contribution is 2.27. The molecule has 3 rings (SSSR count). The van der Waals surface area contributed by atoms with Crippen LogP contribution in [0.5, 0.6) is 11.6 Å². The molecule has 0 bridgehead atoms. The standard InChI is InChI=1S/C20H22ClFN6O5/c1-10(8-32-9-11-4-13(22)17(31-3)14(23)5-11)26-19(29)12-7-25-28-16(33-20(30)24-2)6-15(21)27-18(12)28/h4-7,10H,8-9,23H2,1-3H3,(H,24,30)(H,26,29)/t10-/m1/s1. The molecule has 176 valence electrons. The first-order valence-electron chi connectivity index (χ1n) is 9.67. The number of methoxy groups -OCH3 is 1. The Bertz CT molecular complexity index is 1160. The number of nitrogens with zero attached hydrogens (tertiary/aromatic N) is 3. The summed E-state index contributed by atoms with van der Waals surface area (Å²) in [6.07, 6.45) is 0.547. The SMILES string of the molecule is CNC(=O)Oc1cc(Cl)nc2c(C(=O)N[C@H](C)COCc3cc(N)c(OC)c(F)c3)cnn12. The van der Waals surface area contributed by atoms with E-state index in [1.165, 1.54) is 37.0 Å². The molecule has 11 nitrogen and oxygen atoms in total. The van der Waals surface area contributed by atoms with Crippen LogP contribution in [0.3, 0.4) is 0 Å². The third kappa shape index (κ3) is 5.59. The van der Waals surface area contributed by atoms with Crippen LogP contribution in [-0.4, -0.2) is 53.4 Å². The van der Waals surface area contributed by atoms with Crippen LogP contribution in [0.4, 0.5) is 14.9 Å². The third-order valence-corrected chi connectivity index (χ3v) is 4.60. The summed E-state index contributed by atoms with van der Waals surface area (Å²) in [7, 11) is 2.73. The maximum Gasteiger partial charge on any atom is 0.413 e. The van der Waals surface area contributed by atoms with Crippen molar-refractivity contribution < 1.29 is 28.2 Å². The molecular weight excluding hydrogens is 459 g/mol. The minimum Gasteiger partial charge on any atom is -0.492 e. The largest absolute Gasteiger partial charge is 0.492 e. The fourth-order valence-electron chi connectivity index (χ4n) is 2.95. The van der Waals surface area contributed by atoms with Crippen molar-refractivity contribution in [2.45, 2.75) is 19.6 Å². The maximum atomic E-state index is 13.9. The zero-order valence-electron chi connectivity index (χ0n) is 18.0. The van der Waals surface area contributed by atoms with E-state index in [1.807, 2.05) is 0 Å². The molecule has 13 heteroatoms. The minimum absolute atomic E-state index is 0.00854. The van der Waals surface area contributed by atoms with E-state index in [2.05, 4.69) is 20.7 Å². The number of anilines is 1. The second-order valence-corrected chi connectivity index (χ2v) is 7.33. The van der Waals surface area contributed by atoms with Gasteiger partial charge in [-0.05, 0) is 24.6 Å². The van der Waals surface area contributed by atoms with Gasteiger partial charge in [-0.25, -0.2) is 14.2 Å². The highest BCUT2D eigenvalue weighted by atomic mass is 35.5. The lowest BCUT2D eigenvalue weighted by atomic mass is 10.2. The van der Waals surface area contributed by atoms with Crippen molar-refractivity contribution in [3.63, 3.8) is 0 Å². The Kier molecular flexibility index (Phi) is 7.51. The van der Waals surface area contributed by atoms with Crippen LogP contribution in [0.1, 0.15) is 22.8 Å². The Hall–Kier alpha value is -3.64. The average Bonchev–Trinajstić information content (AvgIpc) is 3.17. The van der Waals surface area contributed by atoms with Gasteiger partial charge >= 0.3 is 6.09 Å². The number of aromatic nitrogens is 3. The first kappa shape index (κ1) is 24.0. The van der Waals surface area contributed by atoms with E-state index < -0.39 is 23.9 Å². The highest BCUT2D eigenvalue weighted by molar-refractivity contribution is 6.29. The first-order valence-corrected chi connectivity index (χ1v) is 10.1. The van der Waals surface area contributed by atoms with Gasteiger partial charge in [-0.3, -0.25) is 4.79 Å². The van der Waals surface area contributed by atoms with Crippen molar-refractivity contribution in [3.8, 4) is 11.6 Å². The van der Waals surface area contributed by atoms with Crippen LogP contribution in [-0.2, 0) is 11.3 Å². The lowest BCUT2D eigenvalue weighted by molar-refractivity contribution is 0.0821. The van der Waals surface area contributed by atoms with Crippen LogP contribution < -0.4 is 25.8 Å². The van der Waals surface area contributed by atoms with Gasteiger partial charge in [-0.2, -0.15) is 9.61 Å². The van der Waals surface area contributed by atoms with Crippen molar-refractivity contribution in [1.29, 1.82) is 0 Å². The Labute approximate surface area is 193 Å². The molecule has 3 aromatic rings. The van der Waals surface area contributed by atoms with Gasteiger partial charge in [-0.15, -0.1) is 0 Å². The zero-order valence-corrected chi connectivity index (χ0v) is 18.8. The van der Waals surface area contributed by atoms with Gasteiger partial charge in [0.1, 0.15) is 10.7 Å². The Morgan fingerprint density at radius 2 is 2.09 bits per heavy atom. The molecule has 0 saturated carbocycles. The quantitative estimate of drug-likeness (QED) is 0.329. The van der Waals surface area contributed by atoms with Crippen LogP contribution in [0, 0.1) is 5.82 Å². The Balaban J connectivity index is 1.63. The smallest absolute Gasteiger partial charge is 0.413 e. The number of rotatable bonds is 8. The van der Waals surface area contributed by atoms with Gasteiger partial charge in [-0.1, -0.05) is 11.6 Å². The molecule has 0 aliphatic carbocycles. The van der Waals surface area contributed by atoms with Crippen molar-refractivity contribution in [1.82, 2.24) is 25.2 Å². The number of carbonyl (C=O) groups is 2. The third-order valence-electron chi connectivity index (χ3n) is 4.40. The summed E-state index contributed by atoms with van der Waals surface area (Å²) in [4.78, 5) is 28.3. The number of fused-ring (bicyclic) bond motifs is 1.